The summed E-state index contributed by atoms with van der Waals surface area (Å²) in [6.07, 6.45) is 5.42. The normalized spacial score (nSPS) is 17.7. The molecule has 284 valence electrons. The highest BCUT2D eigenvalue weighted by molar-refractivity contribution is 7.89. The zero-order valence-corrected chi connectivity index (χ0v) is 31.5. The third kappa shape index (κ3) is 8.25. The van der Waals surface area contributed by atoms with Crippen molar-refractivity contribution in [2.75, 3.05) is 19.9 Å². The predicted molar refractivity (Wildman–Crippen MR) is 198 cm³/mol. The first-order chi connectivity index (χ1) is 26.0. The molecule has 0 N–H and O–H groups in total. The summed E-state index contributed by atoms with van der Waals surface area (Å²) in [5, 5.41) is 0. The molecule has 0 aliphatic carbocycles. The van der Waals surface area contributed by atoms with Gasteiger partial charge in [0.25, 0.3) is 0 Å². The summed E-state index contributed by atoms with van der Waals surface area (Å²) in [6.45, 7) is 8.65. The van der Waals surface area contributed by atoms with Crippen LogP contribution >= 0.6 is 0 Å². The average molecular weight is 757 g/mol. The van der Waals surface area contributed by atoms with Crippen molar-refractivity contribution < 1.29 is 41.3 Å². The summed E-state index contributed by atoms with van der Waals surface area (Å²) in [5.41, 5.74) is 0.908. The van der Waals surface area contributed by atoms with Crippen LogP contribution in [0.15, 0.2) is 113 Å². The van der Waals surface area contributed by atoms with Gasteiger partial charge in [0.05, 0.1) is 23.3 Å². The lowest BCUT2D eigenvalue weighted by atomic mass is 10.00. The highest BCUT2D eigenvalue weighted by Gasteiger charge is 2.52. The molecule has 2 aromatic heterocycles. The van der Waals surface area contributed by atoms with Gasteiger partial charge in [0.15, 0.2) is 17.2 Å². The SMILES string of the molecule is CC(C)CN(C[C@H]1OC(C)(C)N(C(=O)Oc2ccoc2)[C@H]1Cc1ccc(OCc2nccn2Cc2ccccc2)cc1)S(=O)(=O)c1ccc2c(c1)OCO2. The van der Waals surface area contributed by atoms with E-state index in [4.69, 9.17) is 28.1 Å². The Morgan fingerprint density at radius 3 is 2.50 bits per heavy atom. The van der Waals surface area contributed by atoms with Crippen molar-refractivity contribution in [1.29, 1.82) is 0 Å². The lowest BCUT2D eigenvalue weighted by Gasteiger charge is -2.33. The number of amides is 1. The molecule has 54 heavy (non-hydrogen) atoms. The quantitative estimate of drug-likeness (QED) is 0.120. The van der Waals surface area contributed by atoms with Gasteiger partial charge in [-0.15, -0.1) is 0 Å². The zero-order valence-electron chi connectivity index (χ0n) is 30.7. The van der Waals surface area contributed by atoms with E-state index in [0.29, 0.717) is 30.2 Å². The Morgan fingerprint density at radius 2 is 1.76 bits per heavy atom. The van der Waals surface area contributed by atoms with E-state index < -0.39 is 34.0 Å². The van der Waals surface area contributed by atoms with Crippen LogP contribution < -0.4 is 18.9 Å². The standard InChI is InChI=1S/C40H44N4O9S/c1-28(2)22-43(54(46,47)33-14-15-35-36(21-33)51-27-50-35)24-37-34(44(40(3,4)53-37)39(45)52-32-16-19-48-25-32)20-29-10-12-31(13-11-29)49-26-38-41-17-18-42(38)23-30-8-6-5-7-9-30/h5-19,21,25,28,34,37H,20,22-24,26-27H2,1-4H3/t34-,37+/m0/s1. The van der Waals surface area contributed by atoms with Crippen LogP contribution in [0, 0.1) is 5.92 Å². The highest BCUT2D eigenvalue weighted by atomic mass is 32.2. The van der Waals surface area contributed by atoms with Gasteiger partial charge in [-0.2, -0.15) is 4.31 Å². The number of fused-ring (bicyclic) bond motifs is 1. The van der Waals surface area contributed by atoms with Gasteiger partial charge in [-0.1, -0.05) is 56.3 Å². The fraction of sp³-hybridized carbons (Fsp3) is 0.350. The number of sulfonamides is 1. The summed E-state index contributed by atoms with van der Waals surface area (Å²) < 4.78 is 66.4. The molecular weight excluding hydrogens is 713 g/mol. The number of hydrogen-bond acceptors (Lipinski definition) is 10. The lowest BCUT2D eigenvalue weighted by molar-refractivity contribution is -0.0681. The number of benzene rings is 3. The molecule has 13 nitrogen and oxygen atoms in total. The first-order valence-corrected chi connectivity index (χ1v) is 19.3. The van der Waals surface area contributed by atoms with Crippen LogP contribution in [0.25, 0.3) is 0 Å². The second-order valence-electron chi connectivity index (χ2n) is 14.2. The van der Waals surface area contributed by atoms with Crippen LogP contribution in [-0.2, 0) is 34.3 Å². The maximum atomic E-state index is 14.2. The van der Waals surface area contributed by atoms with Crippen LogP contribution in [0.4, 0.5) is 4.79 Å². The summed E-state index contributed by atoms with van der Waals surface area (Å²) in [7, 11) is -4.02. The third-order valence-corrected chi connectivity index (χ3v) is 11.2. The number of furan rings is 1. The molecule has 4 heterocycles. The number of aromatic nitrogens is 2. The van der Waals surface area contributed by atoms with Crippen LogP contribution in [0.1, 0.15) is 44.6 Å². The van der Waals surface area contributed by atoms with E-state index in [1.54, 1.807) is 37.1 Å². The molecule has 7 rings (SSSR count). The van der Waals surface area contributed by atoms with Crippen molar-refractivity contribution in [3.8, 4) is 23.0 Å². The molecule has 0 unspecified atom stereocenters. The molecule has 0 saturated carbocycles. The van der Waals surface area contributed by atoms with E-state index in [-0.39, 0.29) is 43.1 Å². The second-order valence-corrected chi connectivity index (χ2v) is 16.1. The van der Waals surface area contributed by atoms with Crippen molar-refractivity contribution in [1.82, 2.24) is 18.8 Å². The van der Waals surface area contributed by atoms with Crippen LogP contribution in [0.2, 0.25) is 0 Å². The molecule has 0 bridgehead atoms. The van der Waals surface area contributed by atoms with Gasteiger partial charge in [-0.3, -0.25) is 4.90 Å². The molecule has 2 aliphatic rings. The number of rotatable bonds is 14. The Labute approximate surface area is 315 Å². The molecule has 0 radical (unpaired) electrons. The van der Waals surface area contributed by atoms with Crippen molar-refractivity contribution >= 4 is 16.1 Å². The highest BCUT2D eigenvalue weighted by Crippen LogP contribution is 2.38. The maximum Gasteiger partial charge on any atom is 0.417 e. The van der Waals surface area contributed by atoms with Crippen molar-refractivity contribution in [3.63, 3.8) is 0 Å². The first-order valence-electron chi connectivity index (χ1n) is 17.8. The molecule has 1 saturated heterocycles. The summed E-state index contributed by atoms with van der Waals surface area (Å²) in [4.78, 5) is 20.0. The van der Waals surface area contributed by atoms with E-state index in [0.717, 1.165) is 11.4 Å². The van der Waals surface area contributed by atoms with Gasteiger partial charge < -0.3 is 32.7 Å². The summed E-state index contributed by atoms with van der Waals surface area (Å²) in [5.74, 6) is 2.55. The molecule has 2 atom stereocenters. The molecule has 1 fully saturated rings. The number of hydrogen-bond donors (Lipinski definition) is 0. The zero-order chi connectivity index (χ0) is 37.9. The van der Waals surface area contributed by atoms with Crippen molar-refractivity contribution in [3.05, 3.63) is 121 Å². The van der Waals surface area contributed by atoms with Crippen LogP contribution in [0.3, 0.4) is 0 Å². The van der Waals surface area contributed by atoms with E-state index in [9.17, 15) is 13.2 Å². The molecule has 2 aliphatic heterocycles. The van der Waals surface area contributed by atoms with Gasteiger partial charge in [-0.05, 0) is 61.6 Å². The Kier molecular flexibility index (Phi) is 10.7. The summed E-state index contributed by atoms with van der Waals surface area (Å²) in [6, 6.07) is 23.3. The van der Waals surface area contributed by atoms with Gasteiger partial charge in [0.2, 0.25) is 16.8 Å². The topological polar surface area (TPSA) is 135 Å². The van der Waals surface area contributed by atoms with Gasteiger partial charge in [0.1, 0.15) is 30.2 Å². The molecule has 14 heteroatoms. The van der Waals surface area contributed by atoms with E-state index in [1.807, 2.05) is 62.5 Å². The van der Waals surface area contributed by atoms with E-state index in [1.165, 1.54) is 34.5 Å². The Bertz CT molecular complexity index is 2140. The fourth-order valence-corrected chi connectivity index (χ4v) is 8.48. The Hall–Kier alpha value is -5.31. The van der Waals surface area contributed by atoms with Crippen molar-refractivity contribution in [2.45, 2.75) is 70.0 Å². The van der Waals surface area contributed by atoms with E-state index >= 15 is 0 Å². The molecular formula is C40H44N4O9S. The second kappa shape index (κ2) is 15.6. The van der Waals surface area contributed by atoms with Crippen LogP contribution in [0.5, 0.6) is 23.0 Å². The largest absolute Gasteiger partial charge is 0.486 e. The van der Waals surface area contributed by atoms with E-state index in [2.05, 4.69) is 21.7 Å². The molecule has 3 aromatic carbocycles. The third-order valence-electron chi connectivity index (χ3n) is 9.35. The molecule has 0 spiro atoms. The number of carbonyl (C=O) groups excluding carboxylic acids is 1. The monoisotopic (exact) mass is 756 g/mol. The first kappa shape index (κ1) is 37.0. The minimum Gasteiger partial charge on any atom is -0.486 e. The van der Waals surface area contributed by atoms with Crippen LogP contribution in [-0.4, -0.2) is 71.0 Å². The van der Waals surface area contributed by atoms with Gasteiger partial charge in [0, 0.05) is 44.2 Å². The Morgan fingerprint density at radius 1 is 0.981 bits per heavy atom. The number of carbonyl (C=O) groups is 1. The fourth-order valence-electron chi connectivity index (χ4n) is 6.85. The lowest BCUT2D eigenvalue weighted by Crippen LogP contribution is -2.51. The van der Waals surface area contributed by atoms with Gasteiger partial charge >= 0.3 is 6.09 Å². The molecule has 1 amide bonds. The average Bonchev–Trinajstić information content (AvgIpc) is 3.96. The number of imidazole rings is 1. The smallest absolute Gasteiger partial charge is 0.417 e. The number of nitrogens with zero attached hydrogens (tertiary/aromatic N) is 4. The summed E-state index contributed by atoms with van der Waals surface area (Å²) >= 11 is 0. The minimum absolute atomic E-state index is 0.00672. The Balaban J connectivity index is 1.12. The maximum absolute atomic E-state index is 14.2. The van der Waals surface area contributed by atoms with Gasteiger partial charge in [-0.25, -0.2) is 18.2 Å². The predicted octanol–water partition coefficient (Wildman–Crippen LogP) is 6.73. The number of ether oxygens (including phenoxy) is 5. The minimum atomic E-state index is -4.02. The molecule has 5 aromatic rings. The van der Waals surface area contributed by atoms with Crippen molar-refractivity contribution in [2.24, 2.45) is 5.92 Å².